The Labute approximate surface area is 189 Å². The molecule has 0 spiro atoms. The number of carbonyl (C=O) groups excluding carboxylic acids is 1. The summed E-state index contributed by atoms with van der Waals surface area (Å²) in [5.74, 6) is -0.338. The Hall–Kier alpha value is -2.19. The lowest BCUT2D eigenvalue weighted by molar-refractivity contribution is -0.128. The number of benzene rings is 1. The molecule has 4 unspecified atom stereocenters. The number of nitrogens with one attached hydrogen (secondary N) is 4. The second-order valence-corrected chi connectivity index (χ2v) is 11.6. The van der Waals surface area contributed by atoms with Crippen LogP contribution in [-0.4, -0.2) is 49.7 Å². The van der Waals surface area contributed by atoms with Gasteiger partial charge in [-0.2, -0.15) is 5.26 Å². The zero-order valence-electron chi connectivity index (χ0n) is 18.8. The fraction of sp³-hybridized carbons (Fsp3) is 0.636. The lowest BCUT2D eigenvalue weighted by atomic mass is 9.90. The summed E-state index contributed by atoms with van der Waals surface area (Å²) in [7, 11) is -3.62. The summed E-state index contributed by atoms with van der Waals surface area (Å²) in [4.78, 5) is 12.9. The summed E-state index contributed by atoms with van der Waals surface area (Å²) in [6, 6.07) is 9.10. The minimum Gasteiger partial charge on any atom is -0.368 e. The van der Waals surface area contributed by atoms with Crippen LogP contribution >= 0.6 is 0 Å². The van der Waals surface area contributed by atoms with Gasteiger partial charge in [0, 0.05) is 29.9 Å². The molecule has 2 saturated heterocycles. The van der Waals surface area contributed by atoms with Gasteiger partial charge in [-0.3, -0.25) is 4.79 Å². The first-order valence-electron chi connectivity index (χ1n) is 11.2. The normalized spacial score (nSPS) is 31.1. The number of nitrogens with zero attached hydrogens (tertiary/aromatic N) is 2. The molecule has 3 aliphatic rings. The molecule has 10 heteroatoms. The summed E-state index contributed by atoms with van der Waals surface area (Å²) in [6.45, 7) is 6.02. The van der Waals surface area contributed by atoms with E-state index in [1.807, 2.05) is 0 Å². The molecule has 0 bridgehead atoms. The molecule has 1 saturated carbocycles. The van der Waals surface area contributed by atoms with E-state index in [0.717, 1.165) is 31.4 Å². The minimum absolute atomic E-state index is 0.00571. The van der Waals surface area contributed by atoms with E-state index in [0.29, 0.717) is 6.54 Å². The van der Waals surface area contributed by atoms with Crippen LogP contribution in [0.2, 0.25) is 0 Å². The second kappa shape index (κ2) is 8.63. The standard InChI is InChI=1S/C22H32N6O3S/c1-22(2,3)27-32(30,31)16-9-7-15(8-10-16)25-20-19-18(11-12-24-21(19)29)28(26-20)17-6-4-5-14(17)13-23/h7-10,14,17-20,25-27H,4-6,11-12H2,1-3H3,(H,24,29)/t14-,17?,18?,19?,20?/m1/s1. The first-order chi connectivity index (χ1) is 15.1. The summed E-state index contributed by atoms with van der Waals surface area (Å²) in [5.41, 5.74) is 3.62. The molecule has 3 fully saturated rings. The summed E-state index contributed by atoms with van der Waals surface area (Å²) in [6.07, 6.45) is 3.33. The van der Waals surface area contributed by atoms with E-state index in [1.165, 1.54) is 0 Å². The number of carbonyl (C=O) groups is 1. The largest absolute Gasteiger partial charge is 0.368 e. The monoisotopic (exact) mass is 460 g/mol. The van der Waals surface area contributed by atoms with Gasteiger partial charge < -0.3 is 10.6 Å². The van der Waals surface area contributed by atoms with Gasteiger partial charge in [0.15, 0.2) is 0 Å². The first kappa shape index (κ1) is 23.0. The molecule has 2 aliphatic heterocycles. The third-order valence-electron chi connectivity index (χ3n) is 6.39. The lowest BCUT2D eigenvalue weighted by Gasteiger charge is -2.35. The maximum atomic E-state index is 12.7. The van der Waals surface area contributed by atoms with Crippen molar-refractivity contribution in [2.24, 2.45) is 11.8 Å². The van der Waals surface area contributed by atoms with Crippen LogP contribution < -0.4 is 20.8 Å². The predicted molar refractivity (Wildman–Crippen MR) is 121 cm³/mol. The average molecular weight is 461 g/mol. The SMILES string of the molecule is CC(C)(C)NS(=O)(=O)c1ccc(NC2NN(C3CCC[C@@H]3C#N)C3CCNC(=O)C23)cc1. The molecule has 4 rings (SSSR count). The van der Waals surface area contributed by atoms with Gasteiger partial charge in [0.25, 0.3) is 0 Å². The molecule has 2 heterocycles. The molecule has 32 heavy (non-hydrogen) atoms. The van der Waals surface area contributed by atoms with E-state index >= 15 is 0 Å². The molecule has 4 N–H and O–H groups in total. The molecule has 0 aromatic heterocycles. The summed E-state index contributed by atoms with van der Waals surface area (Å²) in [5, 5.41) is 18.0. The molecule has 1 aromatic rings. The van der Waals surface area contributed by atoms with Crippen molar-refractivity contribution in [1.29, 1.82) is 5.26 Å². The van der Waals surface area contributed by atoms with Crippen LogP contribution in [-0.2, 0) is 14.8 Å². The van der Waals surface area contributed by atoms with Crippen molar-refractivity contribution >= 4 is 21.6 Å². The molecule has 0 radical (unpaired) electrons. The van der Waals surface area contributed by atoms with E-state index < -0.39 is 15.6 Å². The number of amides is 1. The van der Waals surface area contributed by atoms with Crippen molar-refractivity contribution < 1.29 is 13.2 Å². The quantitative estimate of drug-likeness (QED) is 0.525. The highest BCUT2D eigenvalue weighted by atomic mass is 32.2. The van der Waals surface area contributed by atoms with Crippen LogP contribution in [0.1, 0.15) is 46.5 Å². The number of fused-ring (bicyclic) bond motifs is 1. The van der Waals surface area contributed by atoms with Crippen molar-refractivity contribution in [2.45, 2.75) is 75.1 Å². The van der Waals surface area contributed by atoms with Crippen molar-refractivity contribution in [1.82, 2.24) is 20.5 Å². The average Bonchev–Trinajstić information content (AvgIpc) is 3.31. The number of hydrogen-bond donors (Lipinski definition) is 4. The number of hydrogen-bond acceptors (Lipinski definition) is 7. The predicted octanol–water partition coefficient (Wildman–Crippen LogP) is 1.52. The van der Waals surface area contributed by atoms with E-state index in [4.69, 9.17) is 0 Å². The third-order valence-corrected chi connectivity index (χ3v) is 8.16. The molecule has 1 amide bonds. The van der Waals surface area contributed by atoms with Gasteiger partial charge in [0.05, 0.1) is 22.8 Å². The fourth-order valence-electron chi connectivity index (χ4n) is 5.10. The fourth-order valence-corrected chi connectivity index (χ4v) is 6.52. The number of piperidine rings is 1. The number of hydrazine groups is 1. The number of anilines is 1. The third kappa shape index (κ3) is 4.62. The summed E-state index contributed by atoms with van der Waals surface area (Å²) < 4.78 is 27.8. The minimum atomic E-state index is -3.62. The Balaban J connectivity index is 1.52. The summed E-state index contributed by atoms with van der Waals surface area (Å²) >= 11 is 0. The molecular formula is C22H32N6O3S. The van der Waals surface area contributed by atoms with Gasteiger partial charge in [-0.25, -0.2) is 23.6 Å². The maximum Gasteiger partial charge on any atom is 0.241 e. The van der Waals surface area contributed by atoms with Gasteiger partial charge >= 0.3 is 0 Å². The van der Waals surface area contributed by atoms with Crippen LogP contribution in [0.5, 0.6) is 0 Å². The molecule has 5 atom stereocenters. The zero-order valence-corrected chi connectivity index (χ0v) is 19.6. The maximum absolute atomic E-state index is 12.7. The Bertz CT molecular complexity index is 998. The van der Waals surface area contributed by atoms with E-state index in [9.17, 15) is 18.5 Å². The van der Waals surface area contributed by atoms with E-state index in [2.05, 4.69) is 31.9 Å². The van der Waals surface area contributed by atoms with Gasteiger partial charge in [-0.1, -0.05) is 6.42 Å². The van der Waals surface area contributed by atoms with E-state index in [-0.39, 0.29) is 40.9 Å². The van der Waals surface area contributed by atoms with Crippen molar-refractivity contribution in [2.75, 3.05) is 11.9 Å². The second-order valence-electron chi connectivity index (χ2n) is 9.94. The van der Waals surface area contributed by atoms with Crippen LogP contribution in [0.25, 0.3) is 0 Å². The van der Waals surface area contributed by atoms with Gasteiger partial charge in [0.1, 0.15) is 6.17 Å². The van der Waals surface area contributed by atoms with Crippen LogP contribution in [0.3, 0.4) is 0 Å². The van der Waals surface area contributed by atoms with Crippen molar-refractivity contribution in [3.05, 3.63) is 24.3 Å². The first-order valence-corrected chi connectivity index (χ1v) is 12.7. The van der Waals surface area contributed by atoms with Crippen molar-refractivity contribution in [3.8, 4) is 6.07 Å². The zero-order chi connectivity index (χ0) is 23.1. The lowest BCUT2D eigenvalue weighted by Crippen LogP contribution is -2.52. The smallest absolute Gasteiger partial charge is 0.241 e. The molecular weight excluding hydrogens is 428 g/mol. The van der Waals surface area contributed by atoms with Crippen molar-refractivity contribution in [3.63, 3.8) is 0 Å². The highest BCUT2D eigenvalue weighted by Crippen LogP contribution is 2.37. The van der Waals surface area contributed by atoms with Crippen LogP contribution in [0, 0.1) is 23.2 Å². The molecule has 9 nitrogen and oxygen atoms in total. The van der Waals surface area contributed by atoms with Gasteiger partial charge in [-0.15, -0.1) is 0 Å². The highest BCUT2D eigenvalue weighted by Gasteiger charge is 2.51. The van der Waals surface area contributed by atoms with Gasteiger partial charge in [0.2, 0.25) is 15.9 Å². The molecule has 1 aliphatic carbocycles. The Kier molecular flexibility index (Phi) is 6.20. The van der Waals surface area contributed by atoms with Gasteiger partial charge in [-0.05, 0) is 64.3 Å². The molecule has 174 valence electrons. The Morgan fingerprint density at radius 2 is 1.84 bits per heavy atom. The van der Waals surface area contributed by atoms with Crippen LogP contribution in [0.4, 0.5) is 5.69 Å². The number of rotatable bonds is 5. The number of sulfonamides is 1. The Morgan fingerprint density at radius 3 is 2.50 bits per heavy atom. The highest BCUT2D eigenvalue weighted by molar-refractivity contribution is 7.89. The van der Waals surface area contributed by atoms with Crippen LogP contribution in [0.15, 0.2) is 29.2 Å². The topological polar surface area (TPSA) is 126 Å². The van der Waals surface area contributed by atoms with E-state index in [1.54, 1.807) is 45.0 Å². The number of nitriles is 1. The molecule has 1 aromatic carbocycles. The Morgan fingerprint density at radius 1 is 1.12 bits per heavy atom.